The molecule has 1 spiro atoms. The van der Waals surface area contributed by atoms with Gasteiger partial charge in [0.25, 0.3) is 0 Å². The number of rotatable bonds is 3. The van der Waals surface area contributed by atoms with Gasteiger partial charge in [-0.05, 0) is 12.1 Å². The molecule has 0 atom stereocenters. The summed E-state index contributed by atoms with van der Waals surface area (Å²) in [6.07, 6.45) is 2.79. The van der Waals surface area contributed by atoms with E-state index in [0.717, 1.165) is 36.5 Å². The van der Waals surface area contributed by atoms with E-state index in [-0.39, 0.29) is 5.91 Å². The minimum absolute atomic E-state index is 0.206. The van der Waals surface area contributed by atoms with Crippen LogP contribution in [-0.4, -0.2) is 47.9 Å². The zero-order valence-electron chi connectivity index (χ0n) is 13.0. The number of carbonyl (C=O) groups excluding carboxylic acids is 1. The van der Waals surface area contributed by atoms with Crippen molar-refractivity contribution < 1.29 is 14.3 Å². The Kier molecular flexibility index (Phi) is 4.05. The van der Waals surface area contributed by atoms with Crippen LogP contribution < -0.4 is 0 Å². The number of likely N-dealkylation sites (tertiary alicyclic amines) is 1. The lowest BCUT2D eigenvalue weighted by Crippen LogP contribution is -2.47. The molecule has 2 aromatic rings. The quantitative estimate of drug-likeness (QED) is 0.867. The van der Waals surface area contributed by atoms with Crippen LogP contribution in [0.5, 0.6) is 0 Å². The van der Waals surface area contributed by atoms with Crippen LogP contribution in [0.1, 0.15) is 24.3 Å². The molecular formula is C17H20N2O3S. The molecule has 1 amide bonds. The first-order valence-corrected chi connectivity index (χ1v) is 8.96. The largest absolute Gasteiger partial charge is 0.347 e. The fourth-order valence-corrected chi connectivity index (χ4v) is 4.25. The van der Waals surface area contributed by atoms with E-state index in [9.17, 15) is 4.79 Å². The summed E-state index contributed by atoms with van der Waals surface area (Å²) in [5.41, 5.74) is 1.02. The van der Waals surface area contributed by atoms with Gasteiger partial charge >= 0.3 is 0 Å². The third kappa shape index (κ3) is 3.11. The summed E-state index contributed by atoms with van der Waals surface area (Å²) in [7, 11) is 0. The second kappa shape index (κ2) is 6.19. The minimum atomic E-state index is -0.413. The molecule has 2 saturated heterocycles. The highest BCUT2D eigenvalue weighted by Gasteiger charge is 2.40. The lowest BCUT2D eigenvalue weighted by atomic mass is 10.0. The molecule has 1 aromatic heterocycles. The summed E-state index contributed by atoms with van der Waals surface area (Å²) in [4.78, 5) is 18.9. The van der Waals surface area contributed by atoms with Gasteiger partial charge in [0.05, 0.1) is 28.4 Å². The molecule has 0 unspecified atom stereocenters. The Morgan fingerprint density at radius 2 is 1.96 bits per heavy atom. The zero-order valence-corrected chi connectivity index (χ0v) is 13.8. The number of carbonyl (C=O) groups is 1. The van der Waals surface area contributed by atoms with Gasteiger partial charge in [-0.25, -0.2) is 4.98 Å². The van der Waals surface area contributed by atoms with Crippen molar-refractivity contribution >= 4 is 27.5 Å². The summed E-state index contributed by atoms with van der Waals surface area (Å²) >= 11 is 1.68. The lowest BCUT2D eigenvalue weighted by Gasteiger charge is -2.37. The van der Waals surface area contributed by atoms with Crippen LogP contribution in [0.2, 0.25) is 0 Å². The van der Waals surface area contributed by atoms with Crippen molar-refractivity contribution in [2.24, 2.45) is 0 Å². The highest BCUT2D eigenvalue weighted by Crippen LogP contribution is 2.31. The maximum absolute atomic E-state index is 12.4. The van der Waals surface area contributed by atoms with E-state index in [1.54, 1.807) is 11.3 Å². The van der Waals surface area contributed by atoms with Gasteiger partial charge in [0.1, 0.15) is 0 Å². The van der Waals surface area contributed by atoms with E-state index < -0.39 is 5.79 Å². The van der Waals surface area contributed by atoms with Gasteiger partial charge in [-0.3, -0.25) is 4.79 Å². The van der Waals surface area contributed by atoms with Crippen LogP contribution in [-0.2, 0) is 20.7 Å². The van der Waals surface area contributed by atoms with Crippen LogP contribution in [0.15, 0.2) is 24.3 Å². The van der Waals surface area contributed by atoms with Crippen LogP contribution in [0.4, 0.5) is 0 Å². The second-order valence-electron chi connectivity index (χ2n) is 6.06. The van der Waals surface area contributed by atoms with Gasteiger partial charge < -0.3 is 14.4 Å². The molecule has 0 saturated carbocycles. The molecule has 0 N–H and O–H groups in total. The number of amides is 1. The number of para-hydroxylation sites is 1. The number of nitrogens with zero attached hydrogens (tertiary/aromatic N) is 2. The average molecular weight is 332 g/mol. The van der Waals surface area contributed by atoms with E-state index in [1.807, 2.05) is 23.1 Å². The predicted molar refractivity (Wildman–Crippen MR) is 88.4 cm³/mol. The number of hydrogen-bond acceptors (Lipinski definition) is 5. The Morgan fingerprint density at radius 1 is 1.22 bits per heavy atom. The van der Waals surface area contributed by atoms with Crippen LogP contribution >= 0.6 is 11.3 Å². The summed E-state index contributed by atoms with van der Waals surface area (Å²) in [6, 6.07) is 8.10. The monoisotopic (exact) mass is 332 g/mol. The van der Waals surface area contributed by atoms with Crippen molar-refractivity contribution in [1.82, 2.24) is 9.88 Å². The minimum Gasteiger partial charge on any atom is -0.347 e. The molecular weight excluding hydrogens is 312 g/mol. The topological polar surface area (TPSA) is 51.7 Å². The lowest BCUT2D eigenvalue weighted by molar-refractivity contribution is -0.187. The Bertz CT molecular complexity index is 666. The zero-order chi connectivity index (χ0) is 15.7. The molecule has 0 aliphatic carbocycles. The Hall–Kier alpha value is -1.50. The first-order valence-electron chi connectivity index (χ1n) is 8.14. The van der Waals surface area contributed by atoms with Crippen molar-refractivity contribution in [1.29, 1.82) is 0 Å². The number of aromatic nitrogens is 1. The molecule has 0 bridgehead atoms. The number of piperidine rings is 1. The molecule has 3 heterocycles. The third-order valence-corrected chi connectivity index (χ3v) is 5.68. The maximum Gasteiger partial charge on any atom is 0.222 e. The molecule has 0 radical (unpaired) electrons. The standard InChI is InChI=1S/C17H20N2O3S/c20-16(19-9-7-17(8-10-19)21-11-12-22-17)6-5-15-18-13-3-1-2-4-14(13)23-15/h1-4H,5-12H2. The number of hydrogen-bond donors (Lipinski definition) is 0. The fourth-order valence-electron chi connectivity index (χ4n) is 3.28. The van der Waals surface area contributed by atoms with E-state index in [0.29, 0.717) is 26.1 Å². The molecule has 2 fully saturated rings. The molecule has 4 rings (SSSR count). The second-order valence-corrected chi connectivity index (χ2v) is 7.18. The van der Waals surface area contributed by atoms with E-state index in [4.69, 9.17) is 9.47 Å². The fraction of sp³-hybridized carbons (Fsp3) is 0.529. The Balaban J connectivity index is 1.32. The van der Waals surface area contributed by atoms with Crippen LogP contribution in [0, 0.1) is 0 Å². The summed E-state index contributed by atoms with van der Waals surface area (Å²) in [6.45, 7) is 2.79. The van der Waals surface area contributed by atoms with E-state index in [2.05, 4.69) is 11.1 Å². The number of fused-ring (bicyclic) bond motifs is 1. The summed E-state index contributed by atoms with van der Waals surface area (Å²) in [5.74, 6) is -0.207. The Morgan fingerprint density at radius 3 is 2.70 bits per heavy atom. The van der Waals surface area contributed by atoms with E-state index in [1.165, 1.54) is 4.70 Å². The van der Waals surface area contributed by atoms with Crippen molar-refractivity contribution in [3.63, 3.8) is 0 Å². The third-order valence-electron chi connectivity index (χ3n) is 4.58. The predicted octanol–water partition coefficient (Wildman–Crippen LogP) is 2.59. The Labute approximate surface area is 139 Å². The van der Waals surface area contributed by atoms with Gasteiger partial charge in [0.15, 0.2) is 5.79 Å². The molecule has 122 valence electrons. The van der Waals surface area contributed by atoms with Crippen LogP contribution in [0.25, 0.3) is 10.2 Å². The van der Waals surface area contributed by atoms with Crippen molar-refractivity contribution in [3.05, 3.63) is 29.3 Å². The number of aryl methyl sites for hydroxylation is 1. The first kappa shape index (κ1) is 15.1. The summed E-state index contributed by atoms with van der Waals surface area (Å²) in [5, 5.41) is 1.04. The SMILES string of the molecule is O=C(CCc1nc2ccccc2s1)N1CCC2(CC1)OCCO2. The molecule has 1 aromatic carbocycles. The van der Waals surface area contributed by atoms with Gasteiger partial charge in [-0.1, -0.05) is 12.1 Å². The van der Waals surface area contributed by atoms with Crippen molar-refractivity contribution in [3.8, 4) is 0 Å². The molecule has 23 heavy (non-hydrogen) atoms. The van der Waals surface area contributed by atoms with Gasteiger partial charge in [0.2, 0.25) is 5.91 Å². The molecule has 2 aliphatic heterocycles. The maximum atomic E-state index is 12.4. The van der Waals surface area contributed by atoms with Gasteiger partial charge in [-0.15, -0.1) is 11.3 Å². The average Bonchev–Trinajstić information content (AvgIpc) is 3.20. The number of thiazole rings is 1. The van der Waals surface area contributed by atoms with Crippen LogP contribution in [0.3, 0.4) is 0 Å². The van der Waals surface area contributed by atoms with Gasteiger partial charge in [0, 0.05) is 38.8 Å². The normalized spacial score (nSPS) is 20.4. The van der Waals surface area contributed by atoms with Crippen molar-refractivity contribution in [2.75, 3.05) is 26.3 Å². The molecule has 6 heteroatoms. The van der Waals surface area contributed by atoms with Crippen molar-refractivity contribution in [2.45, 2.75) is 31.5 Å². The molecule has 2 aliphatic rings. The highest BCUT2D eigenvalue weighted by molar-refractivity contribution is 7.18. The smallest absolute Gasteiger partial charge is 0.222 e. The molecule has 5 nitrogen and oxygen atoms in total. The van der Waals surface area contributed by atoms with E-state index >= 15 is 0 Å². The highest BCUT2D eigenvalue weighted by atomic mass is 32.1. The first-order chi connectivity index (χ1) is 11.2. The van der Waals surface area contributed by atoms with Gasteiger partial charge in [-0.2, -0.15) is 0 Å². The number of ether oxygens (including phenoxy) is 2. The summed E-state index contributed by atoms with van der Waals surface area (Å²) < 4.78 is 12.6. The number of benzene rings is 1.